The van der Waals surface area contributed by atoms with Crippen LogP contribution in [0.15, 0.2) is 192 Å². The van der Waals surface area contributed by atoms with Gasteiger partial charge in [-0.25, -0.2) is 0 Å². The molecule has 0 unspecified atom stereocenters. The number of anilines is 3. The Bertz CT molecular complexity index is 3020. The summed E-state index contributed by atoms with van der Waals surface area (Å²) < 4.78 is 9.40. The van der Waals surface area contributed by atoms with Gasteiger partial charge in [-0.1, -0.05) is 152 Å². The van der Waals surface area contributed by atoms with E-state index in [1.54, 1.807) is 0 Å². The molecule has 0 spiro atoms. The Morgan fingerprint density at radius 3 is 1.77 bits per heavy atom. The van der Waals surface area contributed by atoms with Crippen LogP contribution in [0.2, 0.25) is 0 Å². The lowest BCUT2D eigenvalue weighted by atomic mass is 9.96. The second-order valence-corrected chi connectivity index (χ2v) is 14.7. The summed E-state index contributed by atoms with van der Waals surface area (Å²) in [6.07, 6.45) is 0. The molecule has 0 saturated carbocycles. The number of furan rings is 1. The van der Waals surface area contributed by atoms with Crippen molar-refractivity contribution in [2.45, 2.75) is 0 Å². The number of thiophene rings is 1. The largest absolute Gasteiger partial charge is 0.455 e. The number of benzene rings is 9. The predicted octanol–water partition coefficient (Wildman–Crippen LogP) is 15.1. The fourth-order valence-electron chi connectivity index (χ4n) is 8.30. The Hall–Kier alpha value is -6.68. The zero-order valence-electron chi connectivity index (χ0n) is 28.7. The minimum Gasteiger partial charge on any atom is -0.455 e. The molecule has 2 heterocycles. The summed E-state index contributed by atoms with van der Waals surface area (Å²) in [7, 11) is 0. The maximum atomic E-state index is 6.85. The van der Waals surface area contributed by atoms with E-state index in [1.807, 2.05) is 11.3 Å². The average Bonchev–Trinajstić information content (AvgIpc) is 3.82. The Kier molecular flexibility index (Phi) is 6.76. The quantitative estimate of drug-likeness (QED) is 0.167. The normalized spacial score (nSPS) is 11.8. The zero-order valence-corrected chi connectivity index (χ0v) is 29.5. The van der Waals surface area contributed by atoms with Crippen molar-refractivity contribution in [3.8, 4) is 22.3 Å². The van der Waals surface area contributed by atoms with Crippen molar-refractivity contribution < 1.29 is 4.42 Å². The summed E-state index contributed by atoms with van der Waals surface area (Å²) in [5, 5.41) is 9.56. The van der Waals surface area contributed by atoms with Gasteiger partial charge in [0, 0.05) is 36.5 Å². The summed E-state index contributed by atoms with van der Waals surface area (Å²) in [5.41, 5.74) is 9.77. The molecule has 11 aromatic rings. The molecule has 3 heteroatoms. The van der Waals surface area contributed by atoms with Crippen LogP contribution in [0.4, 0.5) is 17.1 Å². The molecule has 0 N–H and O–H groups in total. The molecular formula is C50H31NOS. The number of hydrogen-bond acceptors (Lipinski definition) is 3. The van der Waals surface area contributed by atoms with E-state index >= 15 is 0 Å². The lowest BCUT2D eigenvalue weighted by molar-refractivity contribution is 0.670. The zero-order chi connectivity index (χ0) is 34.9. The van der Waals surface area contributed by atoms with Gasteiger partial charge in [-0.2, -0.15) is 0 Å². The van der Waals surface area contributed by atoms with Crippen molar-refractivity contribution >= 4 is 92.1 Å². The van der Waals surface area contributed by atoms with Crippen LogP contribution >= 0.6 is 11.3 Å². The van der Waals surface area contributed by atoms with Crippen LogP contribution in [0.3, 0.4) is 0 Å². The molecule has 2 nitrogen and oxygen atoms in total. The molecule has 0 radical (unpaired) electrons. The van der Waals surface area contributed by atoms with Gasteiger partial charge in [0.15, 0.2) is 0 Å². The third kappa shape index (κ3) is 4.64. The van der Waals surface area contributed by atoms with Gasteiger partial charge < -0.3 is 9.32 Å². The van der Waals surface area contributed by atoms with Crippen LogP contribution in [-0.4, -0.2) is 0 Å². The van der Waals surface area contributed by atoms with Crippen LogP contribution in [0, 0.1) is 0 Å². The molecule has 0 saturated heterocycles. The van der Waals surface area contributed by atoms with E-state index in [4.69, 9.17) is 4.42 Å². The van der Waals surface area contributed by atoms with E-state index in [0.717, 1.165) is 50.1 Å². The highest BCUT2D eigenvalue weighted by atomic mass is 32.1. The minimum absolute atomic E-state index is 0.876. The topological polar surface area (TPSA) is 16.4 Å². The van der Waals surface area contributed by atoms with Gasteiger partial charge in [0.05, 0.1) is 22.4 Å². The Morgan fingerprint density at radius 2 is 0.962 bits per heavy atom. The highest BCUT2D eigenvalue weighted by Gasteiger charge is 2.27. The lowest BCUT2D eigenvalue weighted by Crippen LogP contribution is -2.12. The lowest BCUT2D eigenvalue weighted by Gasteiger charge is -2.29. The van der Waals surface area contributed by atoms with Gasteiger partial charge in [-0.05, 0) is 69.2 Å². The molecule has 53 heavy (non-hydrogen) atoms. The maximum Gasteiger partial charge on any atom is 0.145 e. The third-order valence-corrected chi connectivity index (χ3v) is 11.9. The summed E-state index contributed by atoms with van der Waals surface area (Å²) in [5.74, 6) is 0. The summed E-state index contributed by atoms with van der Waals surface area (Å²) in [6.45, 7) is 0. The van der Waals surface area contributed by atoms with Gasteiger partial charge >= 0.3 is 0 Å². The van der Waals surface area contributed by atoms with Crippen LogP contribution < -0.4 is 4.90 Å². The van der Waals surface area contributed by atoms with E-state index in [9.17, 15) is 0 Å². The first-order valence-electron chi connectivity index (χ1n) is 18.0. The van der Waals surface area contributed by atoms with E-state index in [-0.39, 0.29) is 0 Å². The molecule has 248 valence electrons. The molecule has 2 aromatic heterocycles. The van der Waals surface area contributed by atoms with Crippen LogP contribution in [0.1, 0.15) is 0 Å². The molecule has 9 aromatic carbocycles. The Labute approximate surface area is 310 Å². The molecule has 0 aliphatic rings. The molecule has 11 rings (SSSR count). The summed E-state index contributed by atoms with van der Waals surface area (Å²) in [4.78, 5) is 2.52. The van der Waals surface area contributed by atoms with Gasteiger partial charge in [-0.3, -0.25) is 0 Å². The fourth-order valence-corrected chi connectivity index (χ4v) is 9.56. The number of nitrogens with zero attached hydrogens (tertiary/aromatic N) is 1. The third-order valence-electron chi connectivity index (χ3n) is 10.6. The average molecular weight is 694 g/mol. The highest BCUT2D eigenvalue weighted by Crippen LogP contribution is 2.52. The van der Waals surface area contributed by atoms with Crippen molar-refractivity contribution in [1.29, 1.82) is 0 Å². The van der Waals surface area contributed by atoms with E-state index in [2.05, 4.69) is 193 Å². The summed E-state index contributed by atoms with van der Waals surface area (Å²) in [6, 6.07) is 67.9. The molecular weight excluding hydrogens is 663 g/mol. The van der Waals surface area contributed by atoms with Gasteiger partial charge in [0.2, 0.25) is 0 Å². The minimum atomic E-state index is 0.876. The number of hydrogen-bond donors (Lipinski definition) is 0. The first-order chi connectivity index (χ1) is 26.3. The summed E-state index contributed by atoms with van der Waals surface area (Å²) >= 11 is 1.87. The van der Waals surface area contributed by atoms with Crippen molar-refractivity contribution in [1.82, 2.24) is 0 Å². The molecule has 0 aliphatic carbocycles. The first-order valence-corrected chi connectivity index (χ1v) is 18.8. The van der Waals surface area contributed by atoms with Crippen molar-refractivity contribution in [3.05, 3.63) is 188 Å². The predicted molar refractivity (Wildman–Crippen MR) is 227 cm³/mol. The van der Waals surface area contributed by atoms with Crippen LogP contribution in [0.25, 0.3) is 85.9 Å². The smallest absolute Gasteiger partial charge is 0.145 e. The number of rotatable bonds is 5. The monoisotopic (exact) mass is 693 g/mol. The van der Waals surface area contributed by atoms with Gasteiger partial charge in [-0.15, -0.1) is 11.3 Å². The van der Waals surface area contributed by atoms with Crippen LogP contribution in [0.5, 0.6) is 0 Å². The highest BCUT2D eigenvalue weighted by molar-refractivity contribution is 7.26. The maximum absolute atomic E-state index is 6.85. The molecule has 0 bridgehead atoms. The number of fused-ring (bicyclic) bond motifs is 9. The molecule has 0 aliphatic heterocycles. The van der Waals surface area contributed by atoms with Crippen molar-refractivity contribution in [3.63, 3.8) is 0 Å². The number of para-hydroxylation sites is 1. The van der Waals surface area contributed by atoms with Crippen LogP contribution in [-0.2, 0) is 0 Å². The van der Waals surface area contributed by atoms with Crippen molar-refractivity contribution in [2.24, 2.45) is 0 Å². The van der Waals surface area contributed by atoms with E-state index in [0.29, 0.717) is 0 Å². The second-order valence-electron chi connectivity index (χ2n) is 13.6. The molecule has 0 fully saturated rings. The van der Waals surface area contributed by atoms with Gasteiger partial charge in [0.25, 0.3) is 0 Å². The van der Waals surface area contributed by atoms with Crippen molar-refractivity contribution in [2.75, 3.05) is 4.90 Å². The van der Waals surface area contributed by atoms with E-state index in [1.165, 1.54) is 52.8 Å². The van der Waals surface area contributed by atoms with E-state index < -0.39 is 0 Å². The molecule has 0 amide bonds. The Morgan fingerprint density at radius 1 is 0.377 bits per heavy atom. The second kappa shape index (κ2) is 11.9. The standard InChI is InChI=1S/C50H31NOS/c1-3-14-32(15-4-1)37-28-30-42(47-39-21-9-11-24-44(39)52-49(37)47)51(41-23-13-19-35-27-26-34-18-7-8-20-36(34)46(35)41)43-31-29-38(33-16-5-2-6-17-33)50-48(43)40-22-10-12-25-45(40)53-50/h1-31H. The first kappa shape index (κ1) is 30.0. The Balaban J connectivity index is 1.32. The van der Waals surface area contributed by atoms with Gasteiger partial charge in [0.1, 0.15) is 11.2 Å². The fraction of sp³-hybridized carbons (Fsp3) is 0. The molecule has 0 atom stereocenters. The SMILES string of the molecule is c1ccc(-c2ccc(N(c3cccc4ccc5ccccc5c34)c3ccc(-c4ccccc4)c4sc5ccccc5c34)c3c2oc2ccccc23)cc1.